The first-order valence-electron chi connectivity index (χ1n) is 31.2. The molecule has 2 aromatic carbocycles. The Kier molecular flexibility index (Phi) is 17.9. The van der Waals surface area contributed by atoms with Gasteiger partial charge in [-0.2, -0.15) is 0 Å². The SMILES string of the molecule is CC12N3Cc4c(OCCCS(=O)(=O)[O-])ccc(OCCCS(=O)(=O)[O-])c4CN1C(=O)N1CN4C(=O)N5CN6C(=O)N7CN8C(=O)N9Cc%10c(OCCCS(=O)(=O)[O-])ccc(OCCCS(=O)(=O)[O-])c%10CN%10C(=O)N(CN%11C(=O)N(CN%12C(=O)N(CN(C3=O)C12C)C4C%125)C6C%117)C8(C)C%109C.[NH4+].[NH4+].[NH4+].[NH4+]. The van der Waals surface area contributed by atoms with Crippen LogP contribution in [-0.2, 0) is 66.7 Å². The summed E-state index contributed by atoms with van der Waals surface area (Å²) in [5.41, 5.74) is -5.75. The van der Waals surface area contributed by atoms with Gasteiger partial charge in [-0.1, -0.05) is 0 Å². The maximum Gasteiger partial charge on any atom is 0.326 e. The number of benzene rings is 2. The summed E-state index contributed by atoms with van der Waals surface area (Å²) in [5.74, 6) is -2.61. The summed E-state index contributed by atoms with van der Waals surface area (Å²) < 4.78 is 163. The summed E-state index contributed by atoms with van der Waals surface area (Å²) >= 11 is 0. The van der Waals surface area contributed by atoms with Crippen LogP contribution in [0, 0.1) is 0 Å². The molecular weight excluding hydrogens is 1440 g/mol. The Morgan fingerprint density at radius 2 is 0.490 bits per heavy atom. The normalized spacial score (nSPS) is 28.5. The fraction of sp³-hybridized carbons (Fsp3) is 0.630. The number of rotatable bonds is 20. The second kappa shape index (κ2) is 24.5. The second-order valence-electron chi connectivity index (χ2n) is 26.6. The molecule has 2 aromatic rings. The van der Waals surface area contributed by atoms with Crippen LogP contribution in [0.15, 0.2) is 24.3 Å². The number of nitrogens with zero attached hydrogens (tertiary/aromatic N) is 16. The molecule has 16 amide bonds. The lowest BCUT2D eigenvalue weighted by molar-refractivity contribution is -0.0871. The van der Waals surface area contributed by atoms with E-state index in [0.717, 1.165) is 0 Å². The minimum Gasteiger partial charge on any atom is -0.748 e. The molecule has 564 valence electrons. The molecule has 11 saturated heterocycles. The van der Waals surface area contributed by atoms with Crippen molar-refractivity contribution in [2.45, 2.75) is 127 Å². The lowest BCUT2D eigenvalue weighted by Gasteiger charge is -2.49. The Labute approximate surface area is 584 Å². The molecule has 0 radical (unpaired) electrons. The average Bonchev–Trinajstić information content (AvgIpc) is 1.50. The van der Waals surface area contributed by atoms with Crippen LogP contribution in [0.5, 0.6) is 23.0 Å². The zero-order valence-electron chi connectivity index (χ0n) is 56.8. The molecule has 0 unspecified atom stereocenters. The van der Waals surface area contributed by atoms with Gasteiger partial charge in [0.1, 0.15) is 63.0 Å². The number of quaternary nitrogens is 4. The first-order chi connectivity index (χ1) is 45.9. The van der Waals surface area contributed by atoms with Gasteiger partial charge in [0.25, 0.3) is 0 Å². The van der Waals surface area contributed by atoms with Crippen molar-refractivity contribution in [1.29, 1.82) is 0 Å². The van der Waals surface area contributed by atoms with Gasteiger partial charge in [0.15, 0.2) is 47.3 Å². The van der Waals surface area contributed by atoms with Crippen molar-refractivity contribution in [1.82, 2.24) is 103 Å². The Balaban J connectivity index is 0.00000261. The van der Waals surface area contributed by atoms with E-state index in [4.69, 9.17) is 18.9 Å². The van der Waals surface area contributed by atoms with Gasteiger partial charge in [0, 0.05) is 45.3 Å². The predicted molar refractivity (Wildman–Crippen MR) is 341 cm³/mol. The number of fused-ring (bicyclic) bond motifs is 2. The Morgan fingerprint density at radius 1 is 0.314 bits per heavy atom. The van der Waals surface area contributed by atoms with Gasteiger partial charge in [0.05, 0.1) is 93.1 Å². The lowest BCUT2D eigenvalue weighted by atomic mass is 9.95. The van der Waals surface area contributed by atoms with E-state index >= 15 is 38.4 Å². The molecule has 13 aliphatic heterocycles. The van der Waals surface area contributed by atoms with E-state index in [1.165, 1.54) is 103 Å². The van der Waals surface area contributed by atoms with Crippen LogP contribution in [0.2, 0.25) is 0 Å². The number of hydrogen-bond acceptors (Lipinski definition) is 24. The molecule has 13 aliphatic rings. The Morgan fingerprint density at radius 3 is 0.676 bits per heavy atom. The van der Waals surface area contributed by atoms with Gasteiger partial charge < -0.3 is 61.8 Å². The monoisotopic (exact) mass is 1520 g/mol. The van der Waals surface area contributed by atoms with E-state index in [1.54, 1.807) is 27.7 Å². The Hall–Kier alpha value is -8.72. The molecular formula is C54H80N20O24S4. The van der Waals surface area contributed by atoms with E-state index in [1.807, 2.05) is 0 Å². The molecule has 0 bridgehead atoms. The first-order valence-corrected chi connectivity index (χ1v) is 37.5. The summed E-state index contributed by atoms with van der Waals surface area (Å²) in [6.45, 7) is 0.547. The molecule has 0 spiro atoms. The van der Waals surface area contributed by atoms with E-state index in [9.17, 15) is 51.9 Å². The molecule has 15 rings (SSSR count). The summed E-state index contributed by atoms with van der Waals surface area (Å²) in [5, 5.41) is 0. The number of urea groups is 8. The number of carbonyl (C=O) groups is 8. The minimum absolute atomic E-state index is 0. The minimum atomic E-state index is -4.64. The van der Waals surface area contributed by atoms with Crippen LogP contribution in [0.25, 0.3) is 0 Å². The summed E-state index contributed by atoms with van der Waals surface area (Å²) in [7, 11) is -18.6. The zero-order chi connectivity index (χ0) is 70.0. The molecule has 0 aliphatic carbocycles. The van der Waals surface area contributed by atoms with Crippen molar-refractivity contribution in [3.63, 3.8) is 0 Å². The van der Waals surface area contributed by atoms with Gasteiger partial charge in [-0.05, 0) is 77.6 Å². The van der Waals surface area contributed by atoms with Gasteiger partial charge >= 0.3 is 48.2 Å². The summed E-state index contributed by atoms with van der Waals surface area (Å²) in [6.07, 6.45) is -6.13. The maximum atomic E-state index is 15.6. The van der Waals surface area contributed by atoms with Crippen molar-refractivity contribution in [3.8, 4) is 23.0 Å². The molecule has 102 heavy (non-hydrogen) atoms. The van der Waals surface area contributed by atoms with Gasteiger partial charge in [-0.15, -0.1) is 0 Å². The van der Waals surface area contributed by atoms with Crippen molar-refractivity contribution < 1.29 is 109 Å². The van der Waals surface area contributed by atoms with Crippen LogP contribution in [0.4, 0.5) is 38.4 Å². The van der Waals surface area contributed by atoms with Gasteiger partial charge in [-0.3, -0.25) is 78.4 Å². The third-order valence-electron chi connectivity index (χ3n) is 21.8. The molecule has 16 N–H and O–H groups in total. The zero-order valence-corrected chi connectivity index (χ0v) is 60.0. The Bertz CT molecular complexity index is 3890. The van der Waals surface area contributed by atoms with Gasteiger partial charge in [0.2, 0.25) is 0 Å². The largest absolute Gasteiger partial charge is 0.748 e. The topological polar surface area (TPSA) is 600 Å². The third-order valence-corrected chi connectivity index (χ3v) is 25.0. The van der Waals surface area contributed by atoms with Crippen LogP contribution in [0.1, 0.15) is 75.6 Å². The van der Waals surface area contributed by atoms with E-state index in [-0.39, 0.29) is 148 Å². The highest BCUT2D eigenvalue weighted by Crippen LogP contribution is 2.60. The number of amides is 16. The molecule has 0 saturated carbocycles. The van der Waals surface area contributed by atoms with Crippen LogP contribution in [0.3, 0.4) is 0 Å². The summed E-state index contributed by atoms with van der Waals surface area (Å²) in [4.78, 5) is 146. The van der Waals surface area contributed by atoms with Crippen LogP contribution in [-0.4, -0.2) is 315 Å². The van der Waals surface area contributed by atoms with Gasteiger partial charge in [-0.25, -0.2) is 72.0 Å². The maximum absolute atomic E-state index is 15.6. The number of hydrogen-bond donors (Lipinski definition) is 4. The molecule has 44 nitrogen and oxygen atoms in total. The van der Waals surface area contributed by atoms with Crippen molar-refractivity contribution in [3.05, 3.63) is 46.5 Å². The van der Waals surface area contributed by atoms with Crippen molar-refractivity contribution in [2.75, 3.05) is 89.5 Å². The van der Waals surface area contributed by atoms with Crippen LogP contribution < -0.4 is 43.5 Å². The lowest BCUT2D eigenvalue weighted by Crippen LogP contribution is -2.69. The molecule has 0 atom stereocenters. The quantitative estimate of drug-likeness (QED) is 0.100. The van der Waals surface area contributed by atoms with E-state index in [0.29, 0.717) is 0 Å². The molecule has 48 heteroatoms. The van der Waals surface area contributed by atoms with Crippen molar-refractivity contribution in [2.24, 2.45) is 0 Å². The molecule has 13 heterocycles. The standard InChI is InChI=1S/C54H68N16O24S4.4H3N/c1-51-53(3)67-27-59-41-39-55(43(59)71)25-57-40-42-61(45(57)73)29-69-49(77)65-23-33-34(38(94-16-8-20-98(88,89)90)12-11-37(33)93-15-7-19-97(85,86)87)24-66-50(78)70(54(69,4)52(65,66)2)30-62(42)46(74)58(40)26-56(39)44(72)60(41)28-68(53)48(76)64(51)22-32-31(21-63(51)47(67)75)35(91-13-5-17-95(79,80)81)9-10-36(32)92-14-6-18-96(82,83)84;;;;/h9-12,39-42H,5-8,13-30H2,1-4H3,(H,79,80,81)(H,82,83,84)(H,85,86,87)(H,88,89,90);4*1H3. The average molecular weight is 1520 g/mol. The first kappa shape index (κ1) is 74.5. The highest BCUT2D eigenvalue weighted by atomic mass is 32.2. The van der Waals surface area contributed by atoms with E-state index < -0.39 is 199 Å². The highest BCUT2D eigenvalue weighted by Gasteiger charge is 2.80. The second-order valence-corrected chi connectivity index (χ2v) is 32.6. The fourth-order valence-corrected chi connectivity index (χ4v) is 18.7. The molecule has 11 fully saturated rings. The molecule has 0 aromatic heterocycles. The summed E-state index contributed by atoms with van der Waals surface area (Å²) in [6, 6.07) is -0.123. The number of ether oxygens (including phenoxy) is 4. The number of carbonyl (C=O) groups excluding carboxylic acids is 8. The third kappa shape index (κ3) is 10.4. The predicted octanol–water partition coefficient (Wildman–Crippen LogP) is 0.0310. The highest BCUT2D eigenvalue weighted by molar-refractivity contribution is 7.86. The van der Waals surface area contributed by atoms with Crippen LogP contribution >= 0.6 is 0 Å². The van der Waals surface area contributed by atoms with E-state index in [2.05, 4.69) is 0 Å². The smallest absolute Gasteiger partial charge is 0.326 e. The van der Waals surface area contributed by atoms with Crippen molar-refractivity contribution >= 4 is 88.7 Å². The fourth-order valence-electron chi connectivity index (χ4n) is 16.8.